The first kappa shape index (κ1) is 19.3. The Labute approximate surface area is 171 Å². The number of carboxylic acids is 1. The highest BCUT2D eigenvalue weighted by Crippen LogP contribution is 2.40. The third kappa shape index (κ3) is 3.96. The van der Waals surface area contributed by atoms with Crippen molar-refractivity contribution in [3.8, 4) is 28.3 Å². The van der Waals surface area contributed by atoms with Gasteiger partial charge in [0.05, 0.1) is 12.5 Å². The van der Waals surface area contributed by atoms with Crippen LogP contribution in [0.25, 0.3) is 22.3 Å². The van der Waals surface area contributed by atoms with Gasteiger partial charge in [-0.3, -0.25) is 0 Å². The molecule has 0 saturated heterocycles. The number of hydrogen-bond acceptors (Lipinski definition) is 2. The first-order chi connectivity index (χ1) is 12.9. The van der Waals surface area contributed by atoms with Crippen molar-refractivity contribution in [2.24, 2.45) is 0 Å². The van der Waals surface area contributed by atoms with Gasteiger partial charge in [-0.15, -0.1) is 0 Å². The Kier molecular flexibility index (Phi) is 5.76. The molecule has 0 aliphatic carbocycles. The zero-order valence-corrected chi connectivity index (χ0v) is 16.2. The van der Waals surface area contributed by atoms with Gasteiger partial charge in [-0.1, -0.05) is 53.0 Å². The zero-order chi connectivity index (χ0) is 19.6. The number of carboxylic acid groups (broad SMARTS) is 1. The molecule has 1 aromatic heterocycles. The van der Waals surface area contributed by atoms with Crippen LogP contribution < -0.4 is 0 Å². The maximum absolute atomic E-state index is 12.0. The van der Waals surface area contributed by atoms with E-state index < -0.39 is 5.97 Å². The molecule has 4 nitrogen and oxygen atoms in total. The predicted octanol–water partition coefficient (Wildman–Crippen LogP) is 6.39. The van der Waals surface area contributed by atoms with Crippen molar-refractivity contribution in [1.82, 2.24) is 4.57 Å². The van der Waals surface area contributed by atoms with Gasteiger partial charge in [0.15, 0.2) is 0 Å². The molecule has 0 bridgehead atoms. The van der Waals surface area contributed by atoms with Gasteiger partial charge in [0, 0.05) is 44.5 Å². The van der Waals surface area contributed by atoms with Gasteiger partial charge in [0.2, 0.25) is 0 Å². The van der Waals surface area contributed by atoms with E-state index in [9.17, 15) is 9.90 Å². The Hall–Kier alpha value is -2.45. The standard InChI is InChI=1S/C20H13Cl3N2O2/c21-13-4-2-12(3-5-13)18-16(15-7-6-14(22)10-17(15)23)11-25(9-1-8-24)19(18)20(26)27/h2-7,10-11H,1,9H2,(H,26,27). The van der Waals surface area contributed by atoms with E-state index >= 15 is 0 Å². The van der Waals surface area contributed by atoms with E-state index in [4.69, 9.17) is 40.1 Å². The van der Waals surface area contributed by atoms with E-state index in [1.807, 2.05) is 6.07 Å². The van der Waals surface area contributed by atoms with Crippen LogP contribution in [0.2, 0.25) is 15.1 Å². The Balaban J connectivity index is 2.32. The summed E-state index contributed by atoms with van der Waals surface area (Å²) in [6.45, 7) is 0.254. The van der Waals surface area contributed by atoms with Crippen LogP contribution in [0.4, 0.5) is 0 Å². The maximum atomic E-state index is 12.0. The highest BCUT2D eigenvalue weighted by Gasteiger charge is 2.24. The Morgan fingerprint density at radius 1 is 1.04 bits per heavy atom. The minimum Gasteiger partial charge on any atom is -0.477 e. The Bertz CT molecular complexity index is 1050. The fraction of sp³-hybridized carbons (Fsp3) is 0.100. The first-order valence-corrected chi connectivity index (χ1v) is 9.10. The molecule has 0 spiro atoms. The minimum absolute atomic E-state index is 0.0913. The number of aromatic carboxylic acids is 1. The van der Waals surface area contributed by atoms with E-state index in [2.05, 4.69) is 0 Å². The van der Waals surface area contributed by atoms with Gasteiger partial charge < -0.3 is 9.67 Å². The monoisotopic (exact) mass is 418 g/mol. The second-order valence-electron chi connectivity index (χ2n) is 5.80. The number of rotatable bonds is 5. The average Bonchev–Trinajstić information content (AvgIpc) is 3.00. The number of halogens is 3. The van der Waals surface area contributed by atoms with Gasteiger partial charge in [-0.05, 0) is 29.8 Å². The highest BCUT2D eigenvalue weighted by atomic mass is 35.5. The number of carbonyl (C=O) groups is 1. The Morgan fingerprint density at radius 3 is 2.30 bits per heavy atom. The van der Waals surface area contributed by atoms with Crippen molar-refractivity contribution >= 4 is 40.8 Å². The van der Waals surface area contributed by atoms with Gasteiger partial charge in [0.25, 0.3) is 0 Å². The van der Waals surface area contributed by atoms with Gasteiger partial charge in [0.1, 0.15) is 5.69 Å². The SMILES string of the molecule is N#CCCn1cc(-c2ccc(Cl)cc2Cl)c(-c2ccc(Cl)cc2)c1C(=O)O. The summed E-state index contributed by atoms with van der Waals surface area (Å²) in [5, 5.41) is 20.2. The molecule has 3 aromatic rings. The van der Waals surface area contributed by atoms with Crippen LogP contribution in [0.1, 0.15) is 16.9 Å². The lowest BCUT2D eigenvalue weighted by Gasteiger charge is -2.09. The number of hydrogen-bond donors (Lipinski definition) is 1. The molecular formula is C20H13Cl3N2O2. The molecule has 0 saturated carbocycles. The van der Waals surface area contributed by atoms with Crippen molar-refractivity contribution in [3.63, 3.8) is 0 Å². The van der Waals surface area contributed by atoms with Crippen molar-refractivity contribution in [1.29, 1.82) is 5.26 Å². The van der Waals surface area contributed by atoms with Crippen LogP contribution in [-0.4, -0.2) is 15.6 Å². The van der Waals surface area contributed by atoms with E-state index in [1.165, 1.54) is 0 Å². The van der Waals surface area contributed by atoms with E-state index in [-0.39, 0.29) is 18.7 Å². The highest BCUT2D eigenvalue weighted by molar-refractivity contribution is 6.36. The number of aryl methyl sites for hydroxylation is 1. The summed E-state index contributed by atoms with van der Waals surface area (Å²) in [4.78, 5) is 12.0. The molecule has 2 aromatic carbocycles. The molecule has 7 heteroatoms. The van der Waals surface area contributed by atoms with Gasteiger partial charge >= 0.3 is 5.97 Å². The quantitative estimate of drug-likeness (QED) is 0.520. The second-order valence-corrected chi connectivity index (χ2v) is 7.08. The molecule has 1 heterocycles. The summed E-state index contributed by atoms with van der Waals surface area (Å²) in [6.07, 6.45) is 1.89. The zero-order valence-electron chi connectivity index (χ0n) is 13.9. The van der Waals surface area contributed by atoms with Crippen LogP contribution in [0, 0.1) is 11.3 Å². The van der Waals surface area contributed by atoms with Crippen LogP contribution in [0.15, 0.2) is 48.7 Å². The molecule has 1 N–H and O–H groups in total. The molecule has 0 fully saturated rings. The van der Waals surface area contributed by atoms with Gasteiger partial charge in [-0.25, -0.2) is 4.79 Å². The lowest BCUT2D eigenvalue weighted by molar-refractivity contribution is 0.0686. The molecular weight excluding hydrogens is 407 g/mol. The van der Waals surface area contributed by atoms with E-state index in [0.29, 0.717) is 37.3 Å². The molecule has 0 atom stereocenters. The molecule has 0 amide bonds. The molecule has 3 rings (SSSR count). The number of nitriles is 1. The van der Waals surface area contributed by atoms with Crippen molar-refractivity contribution in [2.75, 3.05) is 0 Å². The third-order valence-electron chi connectivity index (χ3n) is 4.10. The smallest absolute Gasteiger partial charge is 0.353 e. The largest absolute Gasteiger partial charge is 0.477 e. The summed E-state index contributed by atoms with van der Waals surface area (Å²) in [7, 11) is 0. The molecule has 0 aliphatic heterocycles. The summed E-state index contributed by atoms with van der Waals surface area (Å²) in [6, 6.07) is 14.0. The topological polar surface area (TPSA) is 66.0 Å². The van der Waals surface area contributed by atoms with E-state index in [0.717, 1.165) is 0 Å². The molecule has 0 aliphatic rings. The van der Waals surface area contributed by atoms with Crippen molar-refractivity contribution in [2.45, 2.75) is 13.0 Å². The van der Waals surface area contributed by atoms with Gasteiger partial charge in [-0.2, -0.15) is 5.26 Å². The first-order valence-electron chi connectivity index (χ1n) is 7.97. The minimum atomic E-state index is -1.09. The fourth-order valence-corrected chi connectivity index (χ4v) is 3.59. The Morgan fingerprint density at radius 2 is 1.70 bits per heavy atom. The van der Waals surface area contributed by atoms with E-state index in [1.54, 1.807) is 53.2 Å². The number of benzene rings is 2. The van der Waals surface area contributed by atoms with Crippen molar-refractivity contribution in [3.05, 3.63) is 69.4 Å². The molecule has 27 heavy (non-hydrogen) atoms. The molecule has 136 valence electrons. The second kappa shape index (κ2) is 8.06. The number of aromatic nitrogens is 1. The van der Waals surface area contributed by atoms with Crippen LogP contribution in [0.5, 0.6) is 0 Å². The van der Waals surface area contributed by atoms with Crippen LogP contribution >= 0.6 is 34.8 Å². The predicted molar refractivity (Wildman–Crippen MR) is 108 cm³/mol. The maximum Gasteiger partial charge on any atom is 0.353 e. The molecule has 0 unspecified atom stereocenters. The van der Waals surface area contributed by atoms with Crippen LogP contribution in [0.3, 0.4) is 0 Å². The number of nitrogens with zero attached hydrogens (tertiary/aromatic N) is 2. The summed E-state index contributed by atoms with van der Waals surface area (Å²) < 4.78 is 1.57. The lowest BCUT2D eigenvalue weighted by atomic mass is 9.96. The summed E-state index contributed by atoms with van der Waals surface area (Å²) in [5.41, 5.74) is 2.60. The van der Waals surface area contributed by atoms with Crippen LogP contribution in [-0.2, 0) is 6.54 Å². The van der Waals surface area contributed by atoms with Crippen molar-refractivity contribution < 1.29 is 9.90 Å². The normalized spacial score (nSPS) is 10.6. The summed E-state index contributed by atoms with van der Waals surface area (Å²) >= 11 is 18.4. The summed E-state index contributed by atoms with van der Waals surface area (Å²) in [5.74, 6) is -1.09. The fourth-order valence-electron chi connectivity index (χ4n) is 2.95. The third-order valence-corrected chi connectivity index (χ3v) is 4.90. The molecule has 0 radical (unpaired) electrons. The lowest BCUT2D eigenvalue weighted by Crippen LogP contribution is -2.09. The average molecular weight is 420 g/mol.